The summed E-state index contributed by atoms with van der Waals surface area (Å²) in [6, 6.07) is 26.7. The molecule has 10 heteroatoms. The topological polar surface area (TPSA) is 109 Å². The predicted octanol–water partition coefficient (Wildman–Crippen LogP) is 5.74. The van der Waals surface area contributed by atoms with Gasteiger partial charge in [0.2, 0.25) is 10.0 Å². The van der Waals surface area contributed by atoms with E-state index >= 15 is 0 Å². The third-order valence-electron chi connectivity index (χ3n) is 6.00. The van der Waals surface area contributed by atoms with E-state index in [9.17, 15) is 13.5 Å². The highest BCUT2D eigenvalue weighted by Gasteiger charge is 2.16. The molecule has 0 bridgehead atoms. The van der Waals surface area contributed by atoms with Crippen molar-refractivity contribution in [3.05, 3.63) is 108 Å². The predicted molar refractivity (Wildman–Crippen MR) is 154 cm³/mol. The maximum absolute atomic E-state index is 12.4. The Labute approximate surface area is 232 Å². The second-order valence-corrected chi connectivity index (χ2v) is 11.0. The van der Waals surface area contributed by atoms with E-state index in [1.54, 1.807) is 36.5 Å². The van der Waals surface area contributed by atoms with Gasteiger partial charge in [-0.3, -0.25) is 0 Å². The van der Waals surface area contributed by atoms with Crippen LogP contribution in [0.4, 0.5) is 5.82 Å². The fourth-order valence-corrected chi connectivity index (χ4v) is 5.27. The fraction of sp³-hybridized carbons (Fsp3) is 0.103. The van der Waals surface area contributed by atoms with Crippen LogP contribution in [-0.4, -0.2) is 41.4 Å². The largest absolute Gasteiger partial charge is 0.508 e. The number of aromatic nitrogens is 3. The minimum atomic E-state index is -3.60. The maximum Gasteiger partial charge on any atom is 0.240 e. The first-order valence-corrected chi connectivity index (χ1v) is 14.2. The summed E-state index contributed by atoms with van der Waals surface area (Å²) >= 11 is 5.85. The molecule has 39 heavy (non-hydrogen) atoms. The van der Waals surface area contributed by atoms with Crippen LogP contribution in [0.1, 0.15) is 6.42 Å². The van der Waals surface area contributed by atoms with Gasteiger partial charge in [0.25, 0.3) is 0 Å². The summed E-state index contributed by atoms with van der Waals surface area (Å²) in [6.07, 6.45) is 4.23. The Hall–Kier alpha value is -4.18. The van der Waals surface area contributed by atoms with Crippen molar-refractivity contribution >= 4 is 27.4 Å². The number of hydrogen-bond donors (Lipinski definition) is 3. The minimum absolute atomic E-state index is 0.163. The van der Waals surface area contributed by atoms with Gasteiger partial charge < -0.3 is 10.4 Å². The van der Waals surface area contributed by atoms with Crippen LogP contribution in [0.25, 0.3) is 28.1 Å². The summed E-state index contributed by atoms with van der Waals surface area (Å²) in [5, 5.41) is 18.6. The Balaban J connectivity index is 1.30. The number of phenolic OH excluding ortho intramolecular Hbond substituents is 1. The number of halogens is 1. The van der Waals surface area contributed by atoms with E-state index in [-0.39, 0.29) is 17.2 Å². The van der Waals surface area contributed by atoms with E-state index in [1.807, 2.05) is 59.4 Å². The zero-order valence-electron chi connectivity index (χ0n) is 20.8. The molecule has 3 aromatic carbocycles. The third kappa shape index (κ3) is 6.46. The number of para-hydroxylation sites is 1. The van der Waals surface area contributed by atoms with E-state index in [1.165, 1.54) is 12.1 Å². The van der Waals surface area contributed by atoms with Crippen LogP contribution >= 0.6 is 11.6 Å². The number of aromatic hydroxyl groups is 1. The number of phenols is 1. The number of sulfonamides is 1. The quantitative estimate of drug-likeness (QED) is 0.188. The number of pyridine rings is 1. The number of anilines is 1. The summed E-state index contributed by atoms with van der Waals surface area (Å²) in [5.41, 5.74) is 4.21. The Kier molecular flexibility index (Phi) is 7.92. The van der Waals surface area contributed by atoms with Gasteiger partial charge in [0.15, 0.2) is 0 Å². The molecular weight excluding hydrogens is 534 g/mol. The third-order valence-corrected chi connectivity index (χ3v) is 7.73. The normalized spacial score (nSPS) is 11.4. The SMILES string of the molecule is O=S(=O)(NCCCNc1cc(-c2cn(-c3ccccc3)nc2-c2cccc(O)c2)ccn1)c1ccc(Cl)cc1. The molecule has 0 aliphatic heterocycles. The Morgan fingerprint density at radius 1 is 0.872 bits per heavy atom. The lowest BCUT2D eigenvalue weighted by atomic mass is 10.0. The first kappa shape index (κ1) is 26.4. The average Bonchev–Trinajstić information content (AvgIpc) is 3.40. The van der Waals surface area contributed by atoms with Crippen molar-refractivity contribution in [2.75, 3.05) is 18.4 Å². The van der Waals surface area contributed by atoms with Crippen LogP contribution in [0.15, 0.2) is 108 Å². The standard InChI is InChI=1S/C29H26ClN5O3S/c30-23-10-12-26(13-11-23)39(37,38)33-16-5-15-31-28-19-21(14-17-32-28)27-20-35(24-7-2-1-3-8-24)34-29(27)22-6-4-9-25(36)18-22/h1-4,6-14,17-20,33,36H,5,15-16H2,(H,31,32). The van der Waals surface area contributed by atoms with Crippen LogP contribution in [0, 0.1) is 0 Å². The molecule has 0 amide bonds. The van der Waals surface area contributed by atoms with Gasteiger partial charge in [-0.05, 0) is 72.6 Å². The van der Waals surface area contributed by atoms with E-state index in [0.29, 0.717) is 23.8 Å². The second kappa shape index (κ2) is 11.7. The van der Waals surface area contributed by atoms with Gasteiger partial charge in [0.05, 0.1) is 10.6 Å². The molecule has 3 N–H and O–H groups in total. The first-order valence-electron chi connectivity index (χ1n) is 12.3. The highest BCUT2D eigenvalue weighted by molar-refractivity contribution is 7.89. The molecule has 0 atom stereocenters. The first-order chi connectivity index (χ1) is 18.9. The van der Waals surface area contributed by atoms with Crippen molar-refractivity contribution in [1.82, 2.24) is 19.5 Å². The molecule has 5 rings (SSSR count). The number of hydrogen-bond acceptors (Lipinski definition) is 6. The molecule has 0 saturated carbocycles. The van der Waals surface area contributed by atoms with E-state index in [0.717, 1.165) is 28.1 Å². The van der Waals surface area contributed by atoms with Gasteiger partial charge in [-0.25, -0.2) is 22.8 Å². The summed E-state index contributed by atoms with van der Waals surface area (Å²) in [4.78, 5) is 4.59. The van der Waals surface area contributed by atoms with Gasteiger partial charge in [0, 0.05) is 41.6 Å². The zero-order valence-corrected chi connectivity index (χ0v) is 22.4. The van der Waals surface area contributed by atoms with E-state index in [2.05, 4.69) is 15.0 Å². The molecule has 5 aromatic rings. The van der Waals surface area contributed by atoms with E-state index in [4.69, 9.17) is 16.7 Å². The number of benzene rings is 3. The van der Waals surface area contributed by atoms with Crippen LogP contribution in [0.3, 0.4) is 0 Å². The van der Waals surface area contributed by atoms with Crippen molar-refractivity contribution in [3.8, 4) is 33.8 Å². The Bertz CT molecular complexity index is 1670. The smallest absolute Gasteiger partial charge is 0.240 e. The van der Waals surface area contributed by atoms with Crippen LogP contribution in [0.5, 0.6) is 5.75 Å². The van der Waals surface area contributed by atoms with Crippen molar-refractivity contribution < 1.29 is 13.5 Å². The van der Waals surface area contributed by atoms with E-state index < -0.39 is 10.0 Å². The van der Waals surface area contributed by atoms with Crippen molar-refractivity contribution in [2.24, 2.45) is 0 Å². The fourth-order valence-electron chi connectivity index (χ4n) is 4.07. The van der Waals surface area contributed by atoms with Gasteiger partial charge >= 0.3 is 0 Å². The highest BCUT2D eigenvalue weighted by atomic mass is 35.5. The molecule has 0 aliphatic rings. The number of rotatable bonds is 10. The van der Waals surface area contributed by atoms with Gasteiger partial charge in [-0.15, -0.1) is 0 Å². The lowest BCUT2D eigenvalue weighted by Gasteiger charge is -2.09. The minimum Gasteiger partial charge on any atom is -0.508 e. The van der Waals surface area contributed by atoms with Gasteiger partial charge in [-0.1, -0.05) is 41.9 Å². The number of nitrogens with one attached hydrogen (secondary N) is 2. The summed E-state index contributed by atoms with van der Waals surface area (Å²) in [7, 11) is -3.60. The molecule has 2 heterocycles. The van der Waals surface area contributed by atoms with Crippen LogP contribution in [-0.2, 0) is 10.0 Å². The molecule has 198 valence electrons. The lowest BCUT2D eigenvalue weighted by Crippen LogP contribution is -2.26. The van der Waals surface area contributed by atoms with Crippen molar-refractivity contribution in [2.45, 2.75) is 11.3 Å². The molecule has 0 spiro atoms. The molecule has 2 aromatic heterocycles. The molecule has 0 aliphatic carbocycles. The molecule has 0 saturated heterocycles. The lowest BCUT2D eigenvalue weighted by molar-refractivity contribution is 0.475. The Morgan fingerprint density at radius 3 is 2.44 bits per heavy atom. The molecule has 0 fully saturated rings. The average molecular weight is 560 g/mol. The maximum atomic E-state index is 12.4. The number of nitrogens with zero attached hydrogens (tertiary/aromatic N) is 3. The van der Waals surface area contributed by atoms with Crippen LogP contribution in [0.2, 0.25) is 5.02 Å². The van der Waals surface area contributed by atoms with Gasteiger partial charge in [-0.2, -0.15) is 5.10 Å². The summed E-state index contributed by atoms with van der Waals surface area (Å²) in [5.74, 6) is 0.818. The monoisotopic (exact) mass is 559 g/mol. The molecule has 8 nitrogen and oxygen atoms in total. The highest BCUT2D eigenvalue weighted by Crippen LogP contribution is 2.34. The zero-order chi connectivity index (χ0) is 27.2. The molecular formula is C29H26ClN5O3S. The van der Waals surface area contributed by atoms with Gasteiger partial charge in [0.1, 0.15) is 17.3 Å². The summed E-state index contributed by atoms with van der Waals surface area (Å²) < 4.78 is 29.3. The molecule has 0 radical (unpaired) electrons. The summed E-state index contributed by atoms with van der Waals surface area (Å²) in [6.45, 7) is 0.783. The Morgan fingerprint density at radius 2 is 1.67 bits per heavy atom. The van der Waals surface area contributed by atoms with Crippen molar-refractivity contribution in [1.29, 1.82) is 0 Å². The van der Waals surface area contributed by atoms with Crippen molar-refractivity contribution in [3.63, 3.8) is 0 Å². The molecule has 0 unspecified atom stereocenters. The van der Waals surface area contributed by atoms with Crippen LogP contribution < -0.4 is 10.0 Å². The second-order valence-electron chi connectivity index (χ2n) is 8.78.